The Labute approximate surface area is 100 Å². The van der Waals surface area contributed by atoms with Crippen LogP contribution in [0.1, 0.15) is 24.8 Å². The lowest BCUT2D eigenvalue weighted by Gasteiger charge is -2.24. The van der Waals surface area contributed by atoms with Gasteiger partial charge in [0.05, 0.1) is 0 Å². The van der Waals surface area contributed by atoms with E-state index < -0.39 is 0 Å². The van der Waals surface area contributed by atoms with Crippen molar-refractivity contribution in [2.75, 3.05) is 19.8 Å². The summed E-state index contributed by atoms with van der Waals surface area (Å²) in [6.07, 6.45) is 0.888. The third-order valence-corrected chi connectivity index (χ3v) is 3.12. The minimum atomic E-state index is 0.286. The van der Waals surface area contributed by atoms with Crippen LogP contribution in [0.2, 0.25) is 5.02 Å². The van der Waals surface area contributed by atoms with Crippen LogP contribution in [0.15, 0.2) is 12.1 Å². The number of ether oxygens (including phenoxy) is 2. The van der Waals surface area contributed by atoms with Crippen LogP contribution in [0.4, 0.5) is 0 Å². The number of hydrogen-bond donors (Lipinski definition) is 1. The molecule has 1 heterocycles. The van der Waals surface area contributed by atoms with E-state index in [2.05, 4.69) is 6.92 Å². The molecular weight excluding hydrogens is 226 g/mol. The Morgan fingerprint density at radius 3 is 2.88 bits per heavy atom. The standard InChI is InChI=1S/C12H16ClNO2/c1-8(4-5-14)11-9(13)2-3-10-12(11)16-7-6-15-10/h2-3,8H,4-7,14H2,1H3. The lowest BCUT2D eigenvalue weighted by molar-refractivity contribution is 0.169. The van der Waals surface area contributed by atoms with E-state index in [1.165, 1.54) is 0 Å². The molecule has 1 aromatic rings. The molecule has 0 bridgehead atoms. The molecule has 2 rings (SSSR count). The lowest BCUT2D eigenvalue weighted by atomic mass is 9.96. The van der Waals surface area contributed by atoms with E-state index >= 15 is 0 Å². The normalized spacial score (nSPS) is 15.9. The van der Waals surface area contributed by atoms with Crippen molar-refractivity contribution in [2.45, 2.75) is 19.3 Å². The van der Waals surface area contributed by atoms with Gasteiger partial charge in [0.15, 0.2) is 11.5 Å². The van der Waals surface area contributed by atoms with Crippen LogP contribution in [-0.2, 0) is 0 Å². The third kappa shape index (κ3) is 2.11. The van der Waals surface area contributed by atoms with E-state index in [1.807, 2.05) is 12.1 Å². The molecule has 0 radical (unpaired) electrons. The first-order valence-electron chi connectivity index (χ1n) is 5.52. The summed E-state index contributed by atoms with van der Waals surface area (Å²) < 4.78 is 11.2. The third-order valence-electron chi connectivity index (χ3n) is 2.79. The van der Waals surface area contributed by atoms with Crippen molar-refractivity contribution < 1.29 is 9.47 Å². The second-order valence-corrected chi connectivity index (χ2v) is 4.37. The molecule has 1 aliphatic heterocycles. The molecule has 0 saturated heterocycles. The molecule has 1 aliphatic rings. The van der Waals surface area contributed by atoms with Crippen LogP contribution in [-0.4, -0.2) is 19.8 Å². The van der Waals surface area contributed by atoms with E-state index in [-0.39, 0.29) is 5.92 Å². The fourth-order valence-electron chi connectivity index (χ4n) is 1.97. The monoisotopic (exact) mass is 241 g/mol. The van der Waals surface area contributed by atoms with Gasteiger partial charge in [-0.15, -0.1) is 0 Å². The molecule has 88 valence electrons. The molecule has 0 aliphatic carbocycles. The van der Waals surface area contributed by atoms with Gasteiger partial charge in [0.1, 0.15) is 13.2 Å². The van der Waals surface area contributed by atoms with Crippen molar-refractivity contribution in [2.24, 2.45) is 5.73 Å². The Kier molecular flexibility index (Phi) is 3.56. The number of halogens is 1. The van der Waals surface area contributed by atoms with Gasteiger partial charge >= 0.3 is 0 Å². The summed E-state index contributed by atoms with van der Waals surface area (Å²) in [6, 6.07) is 3.72. The first-order chi connectivity index (χ1) is 7.74. The Hall–Kier alpha value is -0.930. The maximum atomic E-state index is 6.22. The van der Waals surface area contributed by atoms with Gasteiger partial charge in [-0.2, -0.15) is 0 Å². The van der Waals surface area contributed by atoms with E-state index in [1.54, 1.807) is 0 Å². The van der Waals surface area contributed by atoms with Gasteiger partial charge in [-0.1, -0.05) is 18.5 Å². The van der Waals surface area contributed by atoms with Gasteiger partial charge in [-0.05, 0) is 31.0 Å². The Morgan fingerprint density at radius 2 is 2.12 bits per heavy atom. The summed E-state index contributed by atoms with van der Waals surface area (Å²) in [5.74, 6) is 1.86. The maximum Gasteiger partial charge on any atom is 0.166 e. The zero-order valence-electron chi connectivity index (χ0n) is 9.33. The van der Waals surface area contributed by atoms with E-state index in [4.69, 9.17) is 26.8 Å². The molecule has 0 fully saturated rings. The van der Waals surface area contributed by atoms with Crippen molar-refractivity contribution >= 4 is 11.6 Å². The predicted molar refractivity (Wildman–Crippen MR) is 64.5 cm³/mol. The van der Waals surface area contributed by atoms with Crippen molar-refractivity contribution in [3.63, 3.8) is 0 Å². The number of hydrogen-bond acceptors (Lipinski definition) is 3. The number of rotatable bonds is 3. The Bertz CT molecular complexity index is 382. The van der Waals surface area contributed by atoms with Gasteiger partial charge in [-0.3, -0.25) is 0 Å². The molecule has 0 amide bonds. The zero-order valence-corrected chi connectivity index (χ0v) is 10.1. The van der Waals surface area contributed by atoms with Crippen molar-refractivity contribution in [1.29, 1.82) is 0 Å². The minimum Gasteiger partial charge on any atom is -0.486 e. The molecular formula is C12H16ClNO2. The van der Waals surface area contributed by atoms with Crippen molar-refractivity contribution in [3.8, 4) is 11.5 Å². The first-order valence-corrected chi connectivity index (χ1v) is 5.90. The van der Waals surface area contributed by atoms with Gasteiger partial charge in [0.25, 0.3) is 0 Å². The fraction of sp³-hybridized carbons (Fsp3) is 0.500. The molecule has 1 atom stereocenters. The molecule has 16 heavy (non-hydrogen) atoms. The summed E-state index contributed by atoms with van der Waals surface area (Å²) in [4.78, 5) is 0. The molecule has 0 saturated carbocycles. The lowest BCUT2D eigenvalue weighted by Crippen LogP contribution is -2.17. The second-order valence-electron chi connectivity index (χ2n) is 3.96. The van der Waals surface area contributed by atoms with Gasteiger partial charge in [0.2, 0.25) is 0 Å². The average Bonchev–Trinajstić information content (AvgIpc) is 2.29. The second kappa shape index (κ2) is 4.93. The summed E-state index contributed by atoms with van der Waals surface area (Å²) in [5.41, 5.74) is 6.60. The van der Waals surface area contributed by atoms with Crippen LogP contribution in [0, 0.1) is 0 Å². The fourth-order valence-corrected chi connectivity index (χ4v) is 2.30. The molecule has 0 spiro atoms. The van der Waals surface area contributed by atoms with Crippen LogP contribution in [0.5, 0.6) is 11.5 Å². The summed E-state index contributed by atoms with van der Waals surface area (Å²) >= 11 is 6.22. The van der Waals surface area contributed by atoms with Crippen molar-refractivity contribution in [1.82, 2.24) is 0 Å². The molecule has 0 aromatic heterocycles. The number of benzene rings is 1. The maximum absolute atomic E-state index is 6.22. The van der Waals surface area contributed by atoms with Crippen LogP contribution >= 0.6 is 11.6 Å². The summed E-state index contributed by atoms with van der Waals surface area (Å²) in [6.45, 7) is 3.92. The topological polar surface area (TPSA) is 44.5 Å². The molecule has 1 aromatic carbocycles. The Morgan fingerprint density at radius 1 is 1.38 bits per heavy atom. The highest BCUT2D eigenvalue weighted by Gasteiger charge is 2.22. The molecule has 3 nitrogen and oxygen atoms in total. The molecule has 4 heteroatoms. The van der Waals surface area contributed by atoms with Crippen LogP contribution in [0.25, 0.3) is 0 Å². The van der Waals surface area contributed by atoms with Gasteiger partial charge in [-0.25, -0.2) is 0 Å². The SMILES string of the molecule is CC(CCN)c1c(Cl)ccc2c1OCCO2. The van der Waals surface area contributed by atoms with E-state index in [9.17, 15) is 0 Å². The smallest absolute Gasteiger partial charge is 0.166 e. The first kappa shape index (κ1) is 11.6. The molecule has 2 N–H and O–H groups in total. The minimum absolute atomic E-state index is 0.286. The van der Waals surface area contributed by atoms with Crippen molar-refractivity contribution in [3.05, 3.63) is 22.7 Å². The van der Waals surface area contributed by atoms with Crippen LogP contribution < -0.4 is 15.2 Å². The average molecular weight is 242 g/mol. The predicted octanol–water partition coefficient (Wildman–Crippen LogP) is 2.56. The number of nitrogens with two attached hydrogens (primary N) is 1. The largest absolute Gasteiger partial charge is 0.486 e. The number of fused-ring (bicyclic) bond motifs is 1. The summed E-state index contributed by atoms with van der Waals surface area (Å²) in [5, 5.41) is 0.727. The van der Waals surface area contributed by atoms with Gasteiger partial charge in [0, 0.05) is 10.6 Å². The van der Waals surface area contributed by atoms with E-state index in [0.29, 0.717) is 19.8 Å². The zero-order chi connectivity index (χ0) is 11.5. The Balaban J connectivity index is 2.41. The highest BCUT2D eigenvalue weighted by molar-refractivity contribution is 6.31. The van der Waals surface area contributed by atoms with E-state index in [0.717, 1.165) is 28.5 Å². The molecule has 1 unspecified atom stereocenters. The highest BCUT2D eigenvalue weighted by Crippen LogP contribution is 2.42. The summed E-state index contributed by atoms with van der Waals surface area (Å²) in [7, 11) is 0. The highest BCUT2D eigenvalue weighted by atomic mass is 35.5. The van der Waals surface area contributed by atoms with Gasteiger partial charge < -0.3 is 15.2 Å². The van der Waals surface area contributed by atoms with Crippen LogP contribution in [0.3, 0.4) is 0 Å². The quantitative estimate of drug-likeness (QED) is 0.885.